The molecule has 0 radical (unpaired) electrons. The van der Waals surface area contributed by atoms with E-state index in [4.69, 9.17) is 0 Å². The molecular formula is C50H48N2O4. The Morgan fingerprint density at radius 1 is 0.661 bits per heavy atom. The van der Waals surface area contributed by atoms with Crippen molar-refractivity contribution in [2.45, 2.75) is 78.1 Å². The normalized spacial score (nSPS) is 17.5. The van der Waals surface area contributed by atoms with Crippen LogP contribution in [0.15, 0.2) is 130 Å². The lowest BCUT2D eigenvalue weighted by atomic mass is 9.80. The predicted octanol–water partition coefficient (Wildman–Crippen LogP) is 6.34. The largest absolute Gasteiger partial charge is 0.871 e. The van der Waals surface area contributed by atoms with Gasteiger partial charge in [-0.1, -0.05) is 131 Å². The van der Waals surface area contributed by atoms with Gasteiger partial charge in [-0.05, 0) is 58.8 Å². The highest BCUT2D eigenvalue weighted by Gasteiger charge is 2.44. The van der Waals surface area contributed by atoms with Crippen molar-refractivity contribution in [1.29, 1.82) is 0 Å². The number of fused-ring (bicyclic) bond motifs is 2. The number of ketones is 1. The zero-order chi connectivity index (χ0) is 39.5. The Bertz CT molecular complexity index is 2890. The summed E-state index contributed by atoms with van der Waals surface area (Å²) in [6, 6.07) is 31.5. The van der Waals surface area contributed by atoms with E-state index in [1.165, 1.54) is 11.1 Å². The van der Waals surface area contributed by atoms with Crippen LogP contribution in [0.5, 0.6) is 0 Å². The first kappa shape index (κ1) is 37.1. The van der Waals surface area contributed by atoms with Gasteiger partial charge in [-0.2, -0.15) is 4.58 Å². The van der Waals surface area contributed by atoms with Gasteiger partial charge >= 0.3 is 0 Å². The molecule has 0 aromatic heterocycles. The summed E-state index contributed by atoms with van der Waals surface area (Å²) in [5, 5.41) is 17.0. The third kappa shape index (κ3) is 5.77. The molecule has 0 bridgehead atoms. The van der Waals surface area contributed by atoms with Crippen molar-refractivity contribution >= 4 is 34.5 Å². The van der Waals surface area contributed by atoms with Crippen LogP contribution in [-0.4, -0.2) is 29.2 Å². The van der Waals surface area contributed by atoms with E-state index in [0.29, 0.717) is 10.4 Å². The minimum atomic E-state index is -0.337. The maximum Gasteiger partial charge on any atom is 0.209 e. The van der Waals surface area contributed by atoms with Crippen molar-refractivity contribution in [3.63, 3.8) is 0 Å². The fourth-order valence-electron chi connectivity index (χ4n) is 8.86. The molecule has 0 atom stereocenters. The minimum absolute atomic E-state index is 0.214. The third-order valence-electron chi connectivity index (χ3n) is 12.2. The van der Waals surface area contributed by atoms with Gasteiger partial charge < -0.3 is 10.0 Å². The van der Waals surface area contributed by atoms with Crippen molar-refractivity contribution in [3.8, 4) is 0 Å². The van der Waals surface area contributed by atoms with Crippen molar-refractivity contribution < 1.29 is 14.5 Å². The van der Waals surface area contributed by atoms with Gasteiger partial charge in [0.1, 0.15) is 6.54 Å². The SMILES string of the molecule is CCCCN1C(=CC2=C([O-])C(=c3ccc(=c4ccc(=c5c(=O)c(=CC6=[N+](CCCC)c7ccccc7C6(C)C)c5=O)cc4)cc3)C2=O)C(C)(C)c2ccccc21. The van der Waals surface area contributed by atoms with Crippen LogP contribution in [-0.2, 0) is 15.6 Å². The number of hydrogen-bond acceptors (Lipinski definition) is 5. The molecule has 56 heavy (non-hydrogen) atoms. The number of allylic oxidation sites excluding steroid dienone is 4. The lowest BCUT2D eigenvalue weighted by molar-refractivity contribution is -0.437. The molecule has 5 aromatic carbocycles. The van der Waals surface area contributed by atoms with E-state index in [1.807, 2.05) is 84.9 Å². The van der Waals surface area contributed by atoms with Crippen LogP contribution in [0.4, 0.5) is 11.4 Å². The lowest BCUT2D eigenvalue weighted by Crippen LogP contribution is -2.51. The summed E-state index contributed by atoms with van der Waals surface area (Å²) in [7, 11) is 0. The summed E-state index contributed by atoms with van der Waals surface area (Å²) in [4.78, 5) is 42.9. The van der Waals surface area contributed by atoms with Crippen LogP contribution in [0.25, 0.3) is 11.6 Å². The molecule has 0 saturated heterocycles. The van der Waals surface area contributed by atoms with Gasteiger partial charge in [0.25, 0.3) is 0 Å². The van der Waals surface area contributed by atoms with Crippen molar-refractivity contribution in [2.24, 2.45) is 0 Å². The first-order valence-electron chi connectivity index (χ1n) is 20.0. The molecule has 6 heteroatoms. The van der Waals surface area contributed by atoms with E-state index >= 15 is 0 Å². The monoisotopic (exact) mass is 740 g/mol. The maximum absolute atomic E-state index is 13.5. The van der Waals surface area contributed by atoms with Gasteiger partial charge in [0.15, 0.2) is 11.5 Å². The van der Waals surface area contributed by atoms with Crippen molar-refractivity contribution in [2.75, 3.05) is 18.0 Å². The number of para-hydroxylation sites is 2. The molecule has 0 fully saturated rings. The number of benzene rings is 4. The fourth-order valence-corrected chi connectivity index (χ4v) is 8.86. The second kappa shape index (κ2) is 14.0. The van der Waals surface area contributed by atoms with Crippen LogP contribution in [0.2, 0.25) is 0 Å². The number of anilines is 1. The van der Waals surface area contributed by atoms with E-state index in [-0.39, 0.29) is 54.8 Å². The molecule has 282 valence electrons. The molecule has 8 rings (SSSR count). The average molecular weight is 741 g/mol. The van der Waals surface area contributed by atoms with Gasteiger partial charge in [0.05, 0.1) is 15.9 Å². The molecule has 2 aliphatic heterocycles. The molecule has 2 heterocycles. The van der Waals surface area contributed by atoms with Crippen LogP contribution in [0.3, 0.4) is 0 Å². The molecule has 5 aromatic rings. The number of rotatable bonds is 8. The Balaban J connectivity index is 1.13. The van der Waals surface area contributed by atoms with Crippen molar-refractivity contribution in [3.05, 3.63) is 183 Å². The van der Waals surface area contributed by atoms with Gasteiger partial charge in [0, 0.05) is 58.6 Å². The zero-order valence-electron chi connectivity index (χ0n) is 33.2. The summed E-state index contributed by atoms with van der Waals surface area (Å²) in [5.74, 6) is -0.453. The number of unbranched alkanes of at least 4 members (excludes halogenated alkanes) is 2. The number of Topliss-reactive ketones (excluding diaryl/α,β-unsaturated/α-hetero) is 1. The minimum Gasteiger partial charge on any atom is -0.871 e. The Hall–Kier alpha value is -5.88. The Labute approximate surface area is 327 Å². The molecule has 6 nitrogen and oxygen atoms in total. The fraction of sp³-hybridized carbons (Fsp3) is 0.280. The Morgan fingerprint density at radius 2 is 1.23 bits per heavy atom. The maximum atomic E-state index is 13.5. The van der Waals surface area contributed by atoms with Crippen LogP contribution >= 0.6 is 0 Å². The third-order valence-corrected chi connectivity index (χ3v) is 12.2. The van der Waals surface area contributed by atoms with E-state index in [9.17, 15) is 19.5 Å². The molecule has 0 unspecified atom stereocenters. The quantitative estimate of drug-likeness (QED) is 0.174. The van der Waals surface area contributed by atoms with Gasteiger partial charge in [-0.25, -0.2) is 0 Å². The summed E-state index contributed by atoms with van der Waals surface area (Å²) in [6.07, 6.45) is 7.75. The highest BCUT2D eigenvalue weighted by atomic mass is 16.3. The molecule has 3 aliphatic rings. The van der Waals surface area contributed by atoms with Crippen LogP contribution in [0, 0.1) is 20.9 Å². The molecule has 0 amide bonds. The van der Waals surface area contributed by atoms with Gasteiger partial charge in [0.2, 0.25) is 16.5 Å². The van der Waals surface area contributed by atoms with Gasteiger partial charge in [-0.3, -0.25) is 14.4 Å². The zero-order valence-corrected chi connectivity index (χ0v) is 33.2. The second-order valence-corrected chi connectivity index (χ2v) is 16.4. The number of carbonyl (C=O) groups is 1. The molecule has 0 N–H and O–H groups in total. The Kier molecular flexibility index (Phi) is 9.27. The number of hydrogen-bond donors (Lipinski definition) is 0. The summed E-state index contributed by atoms with van der Waals surface area (Å²) in [6.45, 7) is 14.6. The van der Waals surface area contributed by atoms with Crippen LogP contribution < -0.4 is 31.3 Å². The molecular weight excluding hydrogens is 693 g/mol. The van der Waals surface area contributed by atoms with Crippen molar-refractivity contribution in [1.82, 2.24) is 0 Å². The predicted molar refractivity (Wildman–Crippen MR) is 223 cm³/mol. The second-order valence-electron chi connectivity index (χ2n) is 16.4. The summed E-state index contributed by atoms with van der Waals surface area (Å²) >= 11 is 0. The van der Waals surface area contributed by atoms with E-state index in [2.05, 4.69) is 75.3 Å². The molecule has 0 spiro atoms. The molecule has 1 aliphatic carbocycles. The number of carbonyl (C=O) groups excluding carboxylic acids is 1. The Morgan fingerprint density at radius 3 is 1.86 bits per heavy atom. The number of nitrogens with zero attached hydrogens (tertiary/aromatic N) is 2. The standard InChI is InChI=1S/C50H48N2O4/c1-7-9-27-51-39-17-13-11-15-37(39)49(3,4)41(51)29-35-45(53)43(46(35)54)33-23-19-31(20-24-33)32-21-25-34(26-22-32)44-47(55)36(48(44)56)30-42-50(5,6)38-16-12-14-18-40(38)52(42)28-10-8-2/h11-26,29-30H,7-10,27-28H2,1-6H3. The van der Waals surface area contributed by atoms with E-state index in [0.717, 1.165) is 72.0 Å². The average Bonchev–Trinajstić information content (AvgIpc) is 3.55. The van der Waals surface area contributed by atoms with Gasteiger partial charge in [-0.15, -0.1) is 0 Å². The van der Waals surface area contributed by atoms with Crippen LogP contribution in [0.1, 0.15) is 78.4 Å². The lowest BCUT2D eigenvalue weighted by Gasteiger charge is -2.32. The van der Waals surface area contributed by atoms with E-state index < -0.39 is 0 Å². The highest BCUT2D eigenvalue weighted by Crippen LogP contribution is 2.49. The topological polar surface area (TPSA) is 80.5 Å². The van der Waals surface area contributed by atoms with E-state index in [1.54, 1.807) is 0 Å². The smallest absolute Gasteiger partial charge is 0.209 e. The first-order chi connectivity index (χ1) is 26.9. The first-order valence-corrected chi connectivity index (χ1v) is 20.0. The summed E-state index contributed by atoms with van der Waals surface area (Å²) < 4.78 is 2.27. The highest BCUT2D eigenvalue weighted by molar-refractivity contribution is 6.37. The summed E-state index contributed by atoms with van der Waals surface area (Å²) in [5.41, 5.74) is 5.96. The molecule has 0 saturated carbocycles.